The Kier molecular flexibility index (Phi) is 5.03. The van der Waals surface area contributed by atoms with Crippen LogP contribution in [-0.4, -0.2) is 11.6 Å². The smallest absolute Gasteiger partial charge is 0.213 e. The molecule has 2 aromatic heterocycles. The minimum absolute atomic E-state index is 0.636. The maximum atomic E-state index is 5.29. The fraction of sp³-hybridized carbons (Fsp3) is 0.250. The molecule has 0 aliphatic carbocycles. The van der Waals surface area contributed by atoms with Gasteiger partial charge in [0.1, 0.15) is 0 Å². The standard InChI is InChI=1S/C12H12Br2N2OS/c1-2-17-11-4-3-8(6-16-11)15-7-9-5-10(13)12(14)18-9/h3-6,15H,2,7H2,1H3. The van der Waals surface area contributed by atoms with Gasteiger partial charge in [-0.05, 0) is 50.9 Å². The summed E-state index contributed by atoms with van der Waals surface area (Å²) in [4.78, 5) is 5.46. The quantitative estimate of drug-likeness (QED) is 0.803. The van der Waals surface area contributed by atoms with Gasteiger partial charge in [0.2, 0.25) is 5.88 Å². The van der Waals surface area contributed by atoms with Crippen molar-refractivity contribution in [3.05, 3.63) is 37.5 Å². The van der Waals surface area contributed by atoms with Crippen LogP contribution in [0, 0.1) is 0 Å². The van der Waals surface area contributed by atoms with Crippen LogP contribution in [0.4, 0.5) is 5.69 Å². The molecule has 0 aromatic carbocycles. The molecule has 3 nitrogen and oxygen atoms in total. The van der Waals surface area contributed by atoms with Crippen LogP contribution in [0.2, 0.25) is 0 Å². The highest BCUT2D eigenvalue weighted by molar-refractivity contribution is 9.13. The summed E-state index contributed by atoms with van der Waals surface area (Å²) in [6.45, 7) is 3.36. The number of aromatic nitrogens is 1. The Morgan fingerprint density at radius 2 is 2.22 bits per heavy atom. The Bertz CT molecular complexity index is 494. The van der Waals surface area contributed by atoms with E-state index in [4.69, 9.17) is 4.74 Å². The first-order valence-electron chi connectivity index (χ1n) is 5.45. The number of rotatable bonds is 5. The Labute approximate surface area is 127 Å². The number of anilines is 1. The monoisotopic (exact) mass is 390 g/mol. The summed E-state index contributed by atoms with van der Waals surface area (Å²) in [5.41, 5.74) is 0.985. The van der Waals surface area contributed by atoms with Crippen molar-refractivity contribution in [3.8, 4) is 5.88 Å². The number of hydrogen-bond acceptors (Lipinski definition) is 4. The normalized spacial score (nSPS) is 10.4. The number of ether oxygens (including phenoxy) is 1. The van der Waals surface area contributed by atoms with Crippen molar-refractivity contribution >= 4 is 48.9 Å². The van der Waals surface area contributed by atoms with Crippen LogP contribution in [0.3, 0.4) is 0 Å². The lowest BCUT2D eigenvalue weighted by molar-refractivity contribution is 0.327. The van der Waals surface area contributed by atoms with E-state index in [0.29, 0.717) is 12.5 Å². The molecule has 0 bridgehead atoms. The van der Waals surface area contributed by atoms with E-state index in [2.05, 4.69) is 48.2 Å². The zero-order chi connectivity index (χ0) is 13.0. The van der Waals surface area contributed by atoms with Gasteiger partial charge in [-0.2, -0.15) is 0 Å². The summed E-state index contributed by atoms with van der Waals surface area (Å²) in [6.07, 6.45) is 1.78. The third kappa shape index (κ3) is 3.70. The maximum absolute atomic E-state index is 5.29. The first kappa shape index (κ1) is 13.8. The summed E-state index contributed by atoms with van der Waals surface area (Å²) in [7, 11) is 0. The average Bonchev–Trinajstić information content (AvgIpc) is 2.68. The SMILES string of the molecule is CCOc1ccc(NCc2cc(Br)c(Br)s2)cn1. The fourth-order valence-corrected chi connectivity index (χ4v) is 3.50. The molecule has 2 aromatic rings. The summed E-state index contributed by atoms with van der Waals surface area (Å²) in [5.74, 6) is 0.657. The predicted molar refractivity (Wildman–Crippen MR) is 82.5 cm³/mol. The second kappa shape index (κ2) is 6.54. The van der Waals surface area contributed by atoms with Gasteiger partial charge < -0.3 is 10.1 Å². The molecule has 0 radical (unpaired) electrons. The highest BCUT2D eigenvalue weighted by Crippen LogP contribution is 2.32. The van der Waals surface area contributed by atoms with Crippen molar-refractivity contribution in [2.24, 2.45) is 0 Å². The van der Waals surface area contributed by atoms with Crippen molar-refractivity contribution < 1.29 is 4.74 Å². The van der Waals surface area contributed by atoms with E-state index in [1.807, 2.05) is 19.1 Å². The van der Waals surface area contributed by atoms with Crippen LogP contribution >= 0.6 is 43.2 Å². The molecule has 96 valence electrons. The highest BCUT2D eigenvalue weighted by atomic mass is 79.9. The topological polar surface area (TPSA) is 34.1 Å². The third-order valence-corrected chi connectivity index (χ3v) is 5.45. The molecule has 0 saturated heterocycles. The van der Waals surface area contributed by atoms with Crippen molar-refractivity contribution in [1.29, 1.82) is 0 Å². The van der Waals surface area contributed by atoms with Gasteiger partial charge in [0.25, 0.3) is 0 Å². The number of halogens is 2. The lowest BCUT2D eigenvalue weighted by Crippen LogP contribution is -1.99. The van der Waals surface area contributed by atoms with Crippen molar-refractivity contribution in [3.63, 3.8) is 0 Å². The van der Waals surface area contributed by atoms with Crippen molar-refractivity contribution in [2.45, 2.75) is 13.5 Å². The molecule has 0 amide bonds. The van der Waals surface area contributed by atoms with Crippen LogP contribution in [-0.2, 0) is 6.54 Å². The van der Waals surface area contributed by atoms with E-state index in [0.717, 1.165) is 20.5 Å². The summed E-state index contributed by atoms with van der Waals surface area (Å²) >= 11 is 8.67. The highest BCUT2D eigenvalue weighted by Gasteiger charge is 2.04. The lowest BCUT2D eigenvalue weighted by Gasteiger charge is -2.05. The van der Waals surface area contributed by atoms with Crippen LogP contribution in [0.25, 0.3) is 0 Å². The number of hydrogen-bond donors (Lipinski definition) is 1. The summed E-state index contributed by atoms with van der Waals surface area (Å²) < 4.78 is 7.50. The molecule has 0 spiro atoms. The molecular formula is C12H12Br2N2OS. The van der Waals surface area contributed by atoms with E-state index in [1.54, 1.807) is 17.5 Å². The second-order valence-corrected chi connectivity index (χ2v) is 6.82. The fourth-order valence-electron chi connectivity index (χ4n) is 1.39. The molecule has 0 aliphatic rings. The Balaban J connectivity index is 1.93. The molecule has 0 fully saturated rings. The summed E-state index contributed by atoms with van der Waals surface area (Å²) in [6, 6.07) is 5.94. The van der Waals surface area contributed by atoms with Gasteiger partial charge in [0.05, 0.1) is 22.3 Å². The van der Waals surface area contributed by atoms with Gasteiger partial charge in [-0.15, -0.1) is 11.3 Å². The Hall–Kier alpha value is -0.590. The minimum atomic E-state index is 0.636. The minimum Gasteiger partial charge on any atom is -0.478 e. The zero-order valence-corrected chi connectivity index (χ0v) is 13.7. The summed E-state index contributed by atoms with van der Waals surface area (Å²) in [5, 5.41) is 3.32. The molecule has 0 aliphatic heterocycles. The number of thiophene rings is 1. The predicted octanol–water partition coefficient (Wildman–Crippen LogP) is 4.68. The van der Waals surface area contributed by atoms with Crippen molar-refractivity contribution in [2.75, 3.05) is 11.9 Å². The second-order valence-electron chi connectivity index (χ2n) is 3.51. The maximum Gasteiger partial charge on any atom is 0.213 e. The molecule has 0 unspecified atom stereocenters. The molecule has 2 rings (SSSR count). The van der Waals surface area contributed by atoms with Crippen LogP contribution in [0.15, 0.2) is 32.7 Å². The van der Waals surface area contributed by atoms with Gasteiger partial charge in [-0.25, -0.2) is 4.98 Å². The molecule has 1 N–H and O–H groups in total. The molecule has 0 saturated carbocycles. The van der Waals surface area contributed by atoms with Gasteiger partial charge in [0.15, 0.2) is 0 Å². The van der Waals surface area contributed by atoms with Gasteiger partial charge in [-0.1, -0.05) is 0 Å². The van der Waals surface area contributed by atoms with Gasteiger partial charge >= 0.3 is 0 Å². The molecular weight excluding hydrogens is 380 g/mol. The third-order valence-electron chi connectivity index (χ3n) is 2.19. The van der Waals surface area contributed by atoms with Gasteiger partial charge in [-0.3, -0.25) is 0 Å². The lowest BCUT2D eigenvalue weighted by atomic mass is 10.4. The van der Waals surface area contributed by atoms with Gasteiger partial charge in [0, 0.05) is 22.0 Å². The first-order chi connectivity index (χ1) is 8.69. The van der Waals surface area contributed by atoms with E-state index in [9.17, 15) is 0 Å². The number of nitrogens with one attached hydrogen (secondary N) is 1. The molecule has 0 atom stereocenters. The van der Waals surface area contributed by atoms with Crippen LogP contribution in [0.5, 0.6) is 5.88 Å². The van der Waals surface area contributed by atoms with E-state index in [1.165, 1.54) is 4.88 Å². The molecule has 18 heavy (non-hydrogen) atoms. The van der Waals surface area contributed by atoms with Crippen molar-refractivity contribution in [1.82, 2.24) is 4.98 Å². The number of pyridine rings is 1. The molecule has 2 heterocycles. The van der Waals surface area contributed by atoms with E-state index in [-0.39, 0.29) is 0 Å². The number of nitrogens with zero attached hydrogens (tertiary/aromatic N) is 1. The first-order valence-corrected chi connectivity index (χ1v) is 7.85. The zero-order valence-electron chi connectivity index (χ0n) is 9.74. The molecule has 6 heteroatoms. The Morgan fingerprint density at radius 3 is 2.78 bits per heavy atom. The van der Waals surface area contributed by atoms with E-state index < -0.39 is 0 Å². The largest absolute Gasteiger partial charge is 0.478 e. The Morgan fingerprint density at radius 1 is 1.39 bits per heavy atom. The van der Waals surface area contributed by atoms with E-state index >= 15 is 0 Å². The van der Waals surface area contributed by atoms with Crippen LogP contribution in [0.1, 0.15) is 11.8 Å². The average molecular weight is 392 g/mol. The van der Waals surface area contributed by atoms with Crippen LogP contribution < -0.4 is 10.1 Å².